The highest BCUT2D eigenvalue weighted by Crippen LogP contribution is 2.27. The molecule has 3 aromatic rings. The van der Waals surface area contributed by atoms with E-state index in [1.54, 1.807) is 23.6 Å². The van der Waals surface area contributed by atoms with Crippen molar-refractivity contribution >= 4 is 34.7 Å². The van der Waals surface area contributed by atoms with E-state index in [1.807, 2.05) is 0 Å². The Kier molecular flexibility index (Phi) is 6.75. The van der Waals surface area contributed by atoms with Crippen LogP contribution in [-0.4, -0.2) is 17.3 Å². The standard InChI is InChI=1S/C19H14F4N2O2S2/c20-16-4-2-1-3-12(16)10-28-18-25-14(11-29-18)9-17(26)24-13-5-7-15(8-6-13)27-19(21,22)23/h1-8,11H,9-10H2,(H,24,26). The van der Waals surface area contributed by atoms with Gasteiger partial charge in [0.05, 0.1) is 12.1 Å². The molecule has 0 unspecified atom stereocenters. The van der Waals surface area contributed by atoms with E-state index in [-0.39, 0.29) is 23.9 Å². The van der Waals surface area contributed by atoms with Gasteiger partial charge in [-0.15, -0.1) is 24.5 Å². The number of aromatic nitrogens is 1. The molecule has 152 valence electrons. The van der Waals surface area contributed by atoms with Gasteiger partial charge in [0.15, 0.2) is 0 Å². The maximum atomic E-state index is 13.6. The Morgan fingerprint density at radius 2 is 1.86 bits per heavy atom. The minimum atomic E-state index is -4.77. The van der Waals surface area contributed by atoms with Gasteiger partial charge in [0.2, 0.25) is 5.91 Å². The van der Waals surface area contributed by atoms with Crippen LogP contribution >= 0.6 is 23.1 Å². The number of ether oxygens (including phenoxy) is 1. The number of halogens is 4. The van der Waals surface area contributed by atoms with E-state index in [0.29, 0.717) is 27.0 Å². The predicted molar refractivity (Wildman–Crippen MR) is 104 cm³/mol. The number of nitrogens with one attached hydrogen (secondary N) is 1. The van der Waals surface area contributed by atoms with Gasteiger partial charge < -0.3 is 10.1 Å². The van der Waals surface area contributed by atoms with Crippen molar-refractivity contribution in [2.75, 3.05) is 5.32 Å². The van der Waals surface area contributed by atoms with Gasteiger partial charge in [0.1, 0.15) is 15.9 Å². The van der Waals surface area contributed by atoms with E-state index in [9.17, 15) is 22.4 Å². The van der Waals surface area contributed by atoms with Crippen molar-refractivity contribution < 1.29 is 27.1 Å². The van der Waals surface area contributed by atoms with Crippen LogP contribution in [0.5, 0.6) is 5.75 Å². The second-order valence-corrected chi connectivity index (χ2v) is 7.86. The van der Waals surface area contributed by atoms with Gasteiger partial charge in [-0.05, 0) is 35.9 Å². The average molecular weight is 442 g/mol. The summed E-state index contributed by atoms with van der Waals surface area (Å²) < 4.78 is 54.6. The number of anilines is 1. The molecule has 0 atom stereocenters. The van der Waals surface area contributed by atoms with E-state index in [1.165, 1.54) is 41.3 Å². The van der Waals surface area contributed by atoms with Crippen LogP contribution in [0.15, 0.2) is 58.3 Å². The molecule has 2 aromatic carbocycles. The van der Waals surface area contributed by atoms with E-state index in [0.717, 1.165) is 12.1 Å². The van der Waals surface area contributed by atoms with Gasteiger partial charge in [-0.3, -0.25) is 4.79 Å². The van der Waals surface area contributed by atoms with Gasteiger partial charge >= 0.3 is 6.36 Å². The number of carbonyl (C=O) groups is 1. The molecule has 1 N–H and O–H groups in total. The lowest BCUT2D eigenvalue weighted by atomic mass is 10.2. The Morgan fingerprint density at radius 1 is 1.14 bits per heavy atom. The lowest BCUT2D eigenvalue weighted by molar-refractivity contribution is -0.274. The molecule has 1 aromatic heterocycles. The highest BCUT2D eigenvalue weighted by molar-refractivity contribution is 8.00. The van der Waals surface area contributed by atoms with E-state index >= 15 is 0 Å². The number of benzene rings is 2. The van der Waals surface area contributed by atoms with Crippen LogP contribution in [0, 0.1) is 5.82 Å². The second-order valence-electron chi connectivity index (χ2n) is 5.78. The van der Waals surface area contributed by atoms with Gasteiger partial charge in [-0.2, -0.15) is 0 Å². The van der Waals surface area contributed by atoms with Crippen LogP contribution in [0.3, 0.4) is 0 Å². The smallest absolute Gasteiger partial charge is 0.406 e. The third-order valence-corrected chi connectivity index (χ3v) is 5.67. The van der Waals surface area contributed by atoms with Crippen molar-refractivity contribution in [1.82, 2.24) is 4.98 Å². The number of nitrogens with zero attached hydrogens (tertiary/aromatic N) is 1. The van der Waals surface area contributed by atoms with Crippen LogP contribution in [0.2, 0.25) is 0 Å². The fourth-order valence-electron chi connectivity index (χ4n) is 2.30. The summed E-state index contributed by atoms with van der Waals surface area (Å²) in [5.41, 5.74) is 1.47. The number of amides is 1. The molecule has 0 spiro atoms. The average Bonchev–Trinajstić information content (AvgIpc) is 3.09. The first kappa shape index (κ1) is 21.1. The molecule has 0 aliphatic rings. The molecule has 3 rings (SSSR count). The zero-order valence-electron chi connectivity index (χ0n) is 14.7. The monoisotopic (exact) mass is 442 g/mol. The normalized spacial score (nSPS) is 11.3. The Hall–Kier alpha value is -2.59. The van der Waals surface area contributed by atoms with Crippen LogP contribution in [0.25, 0.3) is 0 Å². The fourth-order valence-corrected chi connectivity index (χ4v) is 4.13. The van der Waals surface area contributed by atoms with Crippen molar-refractivity contribution in [3.05, 3.63) is 71.0 Å². The third-order valence-electron chi connectivity index (χ3n) is 3.55. The predicted octanol–water partition coefficient (Wildman–Crippen LogP) is 5.65. The minimum absolute atomic E-state index is 0.0115. The Labute approximate surface area is 171 Å². The molecule has 1 heterocycles. The van der Waals surface area contributed by atoms with Crippen molar-refractivity contribution in [2.45, 2.75) is 22.9 Å². The molecule has 29 heavy (non-hydrogen) atoms. The molecule has 0 bridgehead atoms. The Bertz CT molecular complexity index is 975. The molecule has 10 heteroatoms. The molecular weight excluding hydrogens is 428 g/mol. The van der Waals surface area contributed by atoms with Crippen LogP contribution in [0.4, 0.5) is 23.2 Å². The van der Waals surface area contributed by atoms with Crippen molar-refractivity contribution in [2.24, 2.45) is 0 Å². The topological polar surface area (TPSA) is 51.2 Å². The number of alkyl halides is 3. The van der Waals surface area contributed by atoms with E-state index in [2.05, 4.69) is 15.0 Å². The summed E-state index contributed by atoms with van der Waals surface area (Å²) in [6.45, 7) is 0. The highest BCUT2D eigenvalue weighted by atomic mass is 32.2. The molecule has 0 saturated carbocycles. The third kappa shape index (κ3) is 6.75. The molecule has 4 nitrogen and oxygen atoms in total. The molecule has 0 fully saturated rings. The zero-order valence-corrected chi connectivity index (χ0v) is 16.3. The zero-order chi connectivity index (χ0) is 20.9. The SMILES string of the molecule is O=C(Cc1csc(SCc2ccccc2F)n1)Nc1ccc(OC(F)(F)F)cc1. The molecule has 0 aliphatic carbocycles. The van der Waals surface area contributed by atoms with Gasteiger partial charge in [-0.25, -0.2) is 9.37 Å². The quantitative estimate of drug-likeness (QED) is 0.379. The second kappa shape index (κ2) is 9.27. The number of hydrogen-bond donors (Lipinski definition) is 1. The first-order chi connectivity index (χ1) is 13.8. The minimum Gasteiger partial charge on any atom is -0.406 e. The summed E-state index contributed by atoms with van der Waals surface area (Å²) in [4.78, 5) is 16.5. The Balaban J connectivity index is 1.50. The van der Waals surface area contributed by atoms with Crippen LogP contribution in [0.1, 0.15) is 11.3 Å². The molecule has 0 radical (unpaired) electrons. The fraction of sp³-hybridized carbons (Fsp3) is 0.158. The van der Waals surface area contributed by atoms with Gasteiger partial charge in [-0.1, -0.05) is 30.0 Å². The maximum absolute atomic E-state index is 13.6. The first-order valence-corrected chi connectivity index (χ1v) is 10.1. The number of thioether (sulfide) groups is 1. The molecule has 1 amide bonds. The van der Waals surface area contributed by atoms with Crippen LogP contribution in [-0.2, 0) is 17.0 Å². The van der Waals surface area contributed by atoms with E-state index < -0.39 is 6.36 Å². The van der Waals surface area contributed by atoms with E-state index in [4.69, 9.17) is 0 Å². The maximum Gasteiger partial charge on any atom is 0.573 e. The summed E-state index contributed by atoms with van der Waals surface area (Å²) in [7, 11) is 0. The molecular formula is C19H14F4N2O2S2. The van der Waals surface area contributed by atoms with Gasteiger partial charge in [0, 0.05) is 16.8 Å². The lowest BCUT2D eigenvalue weighted by Gasteiger charge is -2.09. The van der Waals surface area contributed by atoms with Crippen molar-refractivity contribution in [3.63, 3.8) is 0 Å². The summed E-state index contributed by atoms with van der Waals surface area (Å²) >= 11 is 2.73. The number of hydrogen-bond acceptors (Lipinski definition) is 5. The number of rotatable bonds is 7. The Morgan fingerprint density at radius 3 is 2.55 bits per heavy atom. The molecule has 0 saturated heterocycles. The largest absolute Gasteiger partial charge is 0.573 e. The van der Waals surface area contributed by atoms with Crippen molar-refractivity contribution in [3.8, 4) is 5.75 Å². The summed E-state index contributed by atoms with van der Waals surface area (Å²) in [6.07, 6.45) is -4.76. The lowest BCUT2D eigenvalue weighted by Crippen LogP contribution is -2.17. The number of carbonyl (C=O) groups excluding carboxylic acids is 1. The molecule has 0 aliphatic heterocycles. The van der Waals surface area contributed by atoms with Crippen LogP contribution < -0.4 is 10.1 Å². The summed E-state index contributed by atoms with van der Waals surface area (Å²) in [5, 5.41) is 4.33. The highest BCUT2D eigenvalue weighted by Gasteiger charge is 2.30. The van der Waals surface area contributed by atoms with Gasteiger partial charge in [0.25, 0.3) is 0 Å². The summed E-state index contributed by atoms with van der Waals surface area (Å²) in [6, 6.07) is 11.3. The summed E-state index contributed by atoms with van der Waals surface area (Å²) in [5.74, 6) is -0.571. The first-order valence-electron chi connectivity index (χ1n) is 8.25. The number of thiazole rings is 1. The van der Waals surface area contributed by atoms with Crippen molar-refractivity contribution in [1.29, 1.82) is 0 Å².